The van der Waals surface area contributed by atoms with Crippen LogP contribution < -0.4 is 10.9 Å². The van der Waals surface area contributed by atoms with Crippen LogP contribution in [0.5, 0.6) is 0 Å². The van der Waals surface area contributed by atoms with Gasteiger partial charge in [-0.2, -0.15) is 0 Å². The summed E-state index contributed by atoms with van der Waals surface area (Å²) < 4.78 is 1.45. The van der Waals surface area contributed by atoms with Gasteiger partial charge in [0.05, 0.1) is 12.3 Å². The van der Waals surface area contributed by atoms with Crippen molar-refractivity contribution in [2.75, 3.05) is 7.05 Å². The Morgan fingerprint density at radius 2 is 2.25 bits per heavy atom. The minimum atomic E-state index is -0.287. The molecule has 2 N–H and O–H groups in total. The molecule has 1 aliphatic rings. The number of aliphatic hydroxyl groups is 1. The molecule has 0 fully saturated rings. The summed E-state index contributed by atoms with van der Waals surface area (Å²) in [6.07, 6.45) is 0.378. The molecule has 0 bridgehead atoms. The lowest BCUT2D eigenvalue weighted by atomic mass is 10.1. The first-order valence-electron chi connectivity index (χ1n) is 5.23. The van der Waals surface area contributed by atoms with Gasteiger partial charge in [-0.3, -0.25) is 9.59 Å². The zero-order chi connectivity index (χ0) is 11.7. The number of aliphatic hydroxyl groups excluding tert-OH is 1. The van der Waals surface area contributed by atoms with Gasteiger partial charge in [0.15, 0.2) is 5.78 Å². The van der Waals surface area contributed by atoms with E-state index in [1.165, 1.54) is 4.57 Å². The van der Waals surface area contributed by atoms with Gasteiger partial charge < -0.3 is 15.0 Å². The fourth-order valence-corrected chi connectivity index (χ4v) is 2.05. The van der Waals surface area contributed by atoms with E-state index in [4.69, 9.17) is 0 Å². The quantitative estimate of drug-likeness (QED) is 0.733. The van der Waals surface area contributed by atoms with Crippen molar-refractivity contribution in [1.29, 1.82) is 0 Å². The van der Waals surface area contributed by atoms with E-state index in [1.807, 2.05) is 0 Å². The van der Waals surface area contributed by atoms with Gasteiger partial charge in [0, 0.05) is 25.1 Å². The van der Waals surface area contributed by atoms with E-state index in [0.29, 0.717) is 36.3 Å². The number of aromatic nitrogens is 1. The second-order valence-corrected chi connectivity index (χ2v) is 3.85. The summed E-state index contributed by atoms with van der Waals surface area (Å²) in [5.41, 5.74) is 1.31. The monoisotopic (exact) mass is 222 g/mol. The Morgan fingerprint density at radius 1 is 1.50 bits per heavy atom. The molecule has 1 aliphatic heterocycles. The molecule has 0 aliphatic carbocycles. The second kappa shape index (κ2) is 4.19. The van der Waals surface area contributed by atoms with Crippen LogP contribution in [0.4, 0.5) is 0 Å². The summed E-state index contributed by atoms with van der Waals surface area (Å²) in [6, 6.07) is 1.71. The van der Waals surface area contributed by atoms with Crippen molar-refractivity contribution < 1.29 is 9.90 Å². The molecule has 0 atom stereocenters. The maximum atomic E-state index is 12.0. The van der Waals surface area contributed by atoms with Crippen molar-refractivity contribution in [3.63, 3.8) is 0 Å². The third-order valence-electron chi connectivity index (χ3n) is 2.87. The molecule has 0 saturated heterocycles. The fourth-order valence-electron chi connectivity index (χ4n) is 2.05. The lowest BCUT2D eigenvalue weighted by Crippen LogP contribution is -2.27. The lowest BCUT2D eigenvalue weighted by molar-refractivity contribution is 0.0994. The van der Waals surface area contributed by atoms with E-state index in [0.717, 1.165) is 0 Å². The molecular weight excluding hydrogens is 208 g/mol. The molecule has 2 heterocycles. The Kier molecular flexibility index (Phi) is 2.89. The molecule has 1 aromatic heterocycles. The zero-order valence-corrected chi connectivity index (χ0v) is 9.12. The summed E-state index contributed by atoms with van der Waals surface area (Å²) in [4.78, 5) is 23.5. The van der Waals surface area contributed by atoms with Crippen molar-refractivity contribution in [2.45, 2.75) is 26.1 Å². The molecule has 0 radical (unpaired) electrons. The van der Waals surface area contributed by atoms with Crippen LogP contribution >= 0.6 is 0 Å². The van der Waals surface area contributed by atoms with Crippen molar-refractivity contribution in [2.24, 2.45) is 0 Å². The molecule has 0 spiro atoms. The van der Waals surface area contributed by atoms with E-state index < -0.39 is 0 Å². The summed E-state index contributed by atoms with van der Waals surface area (Å²) >= 11 is 0. The molecule has 0 saturated carbocycles. The summed E-state index contributed by atoms with van der Waals surface area (Å²) in [5, 5.41) is 12.1. The number of hydrogen-bond donors (Lipinski definition) is 2. The first-order chi connectivity index (χ1) is 7.69. The molecule has 86 valence electrons. The minimum absolute atomic E-state index is 0.000979. The topological polar surface area (TPSA) is 71.3 Å². The van der Waals surface area contributed by atoms with E-state index in [-0.39, 0.29) is 17.9 Å². The third-order valence-corrected chi connectivity index (χ3v) is 2.87. The maximum Gasteiger partial charge on any atom is 0.256 e. The first kappa shape index (κ1) is 11.0. The van der Waals surface area contributed by atoms with Crippen LogP contribution in [-0.2, 0) is 19.7 Å². The summed E-state index contributed by atoms with van der Waals surface area (Å²) in [7, 11) is 1.76. The Hall–Kier alpha value is -1.46. The van der Waals surface area contributed by atoms with E-state index in [1.54, 1.807) is 13.1 Å². The first-order valence-corrected chi connectivity index (χ1v) is 5.23. The second-order valence-electron chi connectivity index (χ2n) is 3.85. The highest BCUT2D eigenvalue weighted by molar-refractivity contribution is 5.96. The number of ketones is 1. The molecule has 0 unspecified atom stereocenters. The Bertz CT molecular complexity index is 491. The fraction of sp³-hybridized carbons (Fsp3) is 0.455. The van der Waals surface area contributed by atoms with Crippen molar-refractivity contribution >= 4 is 5.78 Å². The van der Waals surface area contributed by atoms with Crippen molar-refractivity contribution in [3.8, 4) is 0 Å². The number of rotatable bonds is 3. The molecule has 1 aromatic rings. The van der Waals surface area contributed by atoms with Gasteiger partial charge in [-0.05, 0) is 18.7 Å². The standard InChI is InChI=1S/C11H14N2O3/c1-12-5-7-4-9-10(15)2-3-13(9)11(16)8(7)6-14/h4,12,14H,2-3,5-6H2,1H3. The van der Waals surface area contributed by atoms with Gasteiger partial charge in [0.2, 0.25) is 0 Å². The molecule has 5 heteroatoms. The van der Waals surface area contributed by atoms with Crippen LogP contribution in [0.1, 0.15) is 28.0 Å². The number of fused-ring (bicyclic) bond motifs is 1. The zero-order valence-electron chi connectivity index (χ0n) is 9.12. The smallest absolute Gasteiger partial charge is 0.256 e. The van der Waals surface area contributed by atoms with Gasteiger partial charge in [-0.25, -0.2) is 0 Å². The van der Waals surface area contributed by atoms with Crippen molar-refractivity contribution in [3.05, 3.63) is 33.2 Å². The van der Waals surface area contributed by atoms with E-state index in [9.17, 15) is 14.7 Å². The Balaban J connectivity index is 2.64. The van der Waals surface area contributed by atoms with Crippen LogP contribution in [0.3, 0.4) is 0 Å². The van der Waals surface area contributed by atoms with E-state index in [2.05, 4.69) is 5.32 Å². The van der Waals surface area contributed by atoms with Gasteiger partial charge in [0.1, 0.15) is 0 Å². The number of pyridine rings is 1. The highest BCUT2D eigenvalue weighted by atomic mass is 16.3. The number of nitrogens with one attached hydrogen (secondary N) is 1. The van der Waals surface area contributed by atoms with Crippen LogP contribution in [0, 0.1) is 0 Å². The molecule has 0 amide bonds. The van der Waals surface area contributed by atoms with Gasteiger partial charge >= 0.3 is 0 Å². The SMILES string of the molecule is CNCc1cc2n(c(=O)c1CO)CCC2=O. The third kappa shape index (κ3) is 1.58. The normalized spacial score (nSPS) is 14.2. The van der Waals surface area contributed by atoms with Crippen molar-refractivity contribution in [1.82, 2.24) is 9.88 Å². The summed E-state index contributed by atoms with van der Waals surface area (Å²) in [6.45, 7) is 0.621. The number of carbonyl (C=O) groups excluding carboxylic acids is 1. The van der Waals surface area contributed by atoms with Gasteiger partial charge in [-0.15, -0.1) is 0 Å². The van der Waals surface area contributed by atoms with E-state index >= 15 is 0 Å². The Labute approximate surface area is 92.7 Å². The minimum Gasteiger partial charge on any atom is -0.391 e. The molecule has 16 heavy (non-hydrogen) atoms. The van der Waals surface area contributed by atoms with Gasteiger partial charge in [-0.1, -0.05) is 0 Å². The van der Waals surface area contributed by atoms with Crippen LogP contribution in [0.15, 0.2) is 10.9 Å². The average molecular weight is 222 g/mol. The predicted molar refractivity (Wildman–Crippen MR) is 58.3 cm³/mol. The molecule has 2 rings (SSSR count). The maximum absolute atomic E-state index is 12.0. The van der Waals surface area contributed by atoms with Crippen LogP contribution in [0.2, 0.25) is 0 Å². The number of Topliss-reactive ketones (excluding diaryl/α,β-unsaturated/α-hetero) is 1. The molecule has 0 aromatic carbocycles. The average Bonchev–Trinajstić information content (AvgIpc) is 2.62. The molecule has 5 nitrogen and oxygen atoms in total. The lowest BCUT2D eigenvalue weighted by Gasteiger charge is -2.10. The predicted octanol–water partition coefficient (Wildman–Crippen LogP) is -0.354. The largest absolute Gasteiger partial charge is 0.391 e. The highest BCUT2D eigenvalue weighted by Gasteiger charge is 2.23. The highest BCUT2D eigenvalue weighted by Crippen LogP contribution is 2.16. The van der Waals surface area contributed by atoms with Crippen LogP contribution in [-0.4, -0.2) is 22.5 Å². The molecular formula is C11H14N2O3. The number of carbonyl (C=O) groups is 1. The van der Waals surface area contributed by atoms with Gasteiger partial charge in [0.25, 0.3) is 5.56 Å². The van der Waals surface area contributed by atoms with Crippen LogP contribution in [0.25, 0.3) is 0 Å². The summed E-state index contributed by atoms with van der Waals surface area (Å²) in [5.74, 6) is -0.000979. The Morgan fingerprint density at radius 3 is 2.88 bits per heavy atom. The number of hydrogen-bond acceptors (Lipinski definition) is 4. The number of nitrogens with zero attached hydrogens (tertiary/aromatic N) is 1.